The van der Waals surface area contributed by atoms with Crippen molar-refractivity contribution in [2.75, 3.05) is 13.7 Å². The van der Waals surface area contributed by atoms with Crippen LogP contribution in [0.2, 0.25) is 0 Å². The molecule has 44 heavy (non-hydrogen) atoms. The first kappa shape index (κ1) is 34.1. The standard InChI is InChI=1S/C36H58O8/c1-20(2)16-29(39)44-28-13-15-34(6)25-12-14-33(5)22(21-17-23(43-31(21)42-9)30(40)35(7,41)19-37)10-11-24(33)36(25,8)27(38)18-26(34)32(28,3)4/h11,16,21-23,25-28,30-31,37-38,40-41H,10,12-15,17-19H2,1-9H3/t21-,22-,23+,25+,26-,27+,28+,30?,31-,33-,34+,35?,36-/m0/s1. The normalized spacial score (nSPS) is 46.5. The molecule has 4 aliphatic carbocycles. The number of methoxy groups -OCH3 is 1. The zero-order valence-electron chi connectivity index (χ0n) is 28.4. The van der Waals surface area contributed by atoms with E-state index in [-0.39, 0.29) is 51.5 Å². The van der Waals surface area contributed by atoms with Crippen LogP contribution >= 0.6 is 0 Å². The Morgan fingerprint density at radius 1 is 1.14 bits per heavy atom. The average Bonchev–Trinajstić information content (AvgIpc) is 3.52. The van der Waals surface area contributed by atoms with Gasteiger partial charge in [-0.1, -0.05) is 51.8 Å². The van der Waals surface area contributed by atoms with Crippen LogP contribution in [0.5, 0.6) is 0 Å². The van der Waals surface area contributed by atoms with Crippen LogP contribution in [0.1, 0.15) is 100 Å². The molecule has 0 aromatic carbocycles. The van der Waals surface area contributed by atoms with Crippen molar-refractivity contribution < 1.29 is 39.4 Å². The maximum atomic E-state index is 12.6. The SMILES string of the molecule is CO[C@H]1O[C@@H](C(O)C(C)(O)CO)C[C@H]1[C@@H]1CC=C2[C@]3(C)[C@H](O)C[C@H]4C(C)(C)[C@H](OC(=O)C=C(C)C)CC[C@]4(C)[C@H]3CC[C@]21C. The van der Waals surface area contributed by atoms with E-state index >= 15 is 0 Å². The van der Waals surface area contributed by atoms with Crippen LogP contribution < -0.4 is 0 Å². The van der Waals surface area contributed by atoms with Crippen LogP contribution in [-0.4, -0.2) is 76.4 Å². The van der Waals surface area contributed by atoms with E-state index < -0.39 is 36.8 Å². The Morgan fingerprint density at radius 2 is 1.82 bits per heavy atom. The van der Waals surface area contributed by atoms with Gasteiger partial charge in [0.05, 0.1) is 18.8 Å². The van der Waals surface area contributed by atoms with Gasteiger partial charge in [-0.3, -0.25) is 0 Å². The van der Waals surface area contributed by atoms with E-state index in [2.05, 4.69) is 40.7 Å². The highest BCUT2D eigenvalue weighted by Crippen LogP contribution is 2.73. The molecule has 13 atom stereocenters. The maximum Gasteiger partial charge on any atom is 0.330 e. The Kier molecular flexibility index (Phi) is 8.86. The van der Waals surface area contributed by atoms with Crippen molar-refractivity contribution in [1.82, 2.24) is 0 Å². The van der Waals surface area contributed by atoms with E-state index in [1.54, 1.807) is 13.2 Å². The number of hydrogen-bond donors (Lipinski definition) is 4. The van der Waals surface area contributed by atoms with Crippen molar-refractivity contribution in [3.05, 3.63) is 23.3 Å². The van der Waals surface area contributed by atoms with Gasteiger partial charge in [-0.05, 0) is 94.3 Å². The van der Waals surface area contributed by atoms with E-state index in [0.717, 1.165) is 37.7 Å². The lowest BCUT2D eigenvalue weighted by Gasteiger charge is -2.68. The molecular formula is C36H58O8. The molecule has 0 aromatic rings. The molecule has 250 valence electrons. The molecule has 1 aliphatic heterocycles. The molecule has 8 nitrogen and oxygen atoms in total. The van der Waals surface area contributed by atoms with Crippen LogP contribution in [-0.2, 0) is 19.0 Å². The number of carbonyl (C=O) groups excluding carboxylic acids is 1. The minimum Gasteiger partial charge on any atom is -0.459 e. The van der Waals surface area contributed by atoms with Crippen LogP contribution in [0.4, 0.5) is 0 Å². The topological polar surface area (TPSA) is 126 Å². The lowest BCUT2D eigenvalue weighted by atomic mass is 9.37. The number of esters is 1. The van der Waals surface area contributed by atoms with Gasteiger partial charge in [0.2, 0.25) is 0 Å². The molecule has 1 heterocycles. The molecule has 2 unspecified atom stereocenters. The van der Waals surface area contributed by atoms with E-state index in [1.807, 2.05) is 13.8 Å². The molecule has 3 saturated carbocycles. The quantitative estimate of drug-likeness (QED) is 0.180. The zero-order valence-corrected chi connectivity index (χ0v) is 28.4. The average molecular weight is 619 g/mol. The van der Waals surface area contributed by atoms with Crippen molar-refractivity contribution in [2.45, 2.75) is 137 Å². The highest BCUT2D eigenvalue weighted by atomic mass is 16.7. The predicted molar refractivity (Wildman–Crippen MR) is 167 cm³/mol. The number of carbonyl (C=O) groups is 1. The summed E-state index contributed by atoms with van der Waals surface area (Å²) in [7, 11) is 1.63. The van der Waals surface area contributed by atoms with E-state index in [1.165, 1.54) is 12.5 Å². The van der Waals surface area contributed by atoms with Crippen molar-refractivity contribution in [1.29, 1.82) is 0 Å². The summed E-state index contributed by atoms with van der Waals surface area (Å²) in [6.07, 6.45) is 6.68. The van der Waals surface area contributed by atoms with Gasteiger partial charge in [-0.2, -0.15) is 0 Å². The molecule has 4 fully saturated rings. The fourth-order valence-corrected chi connectivity index (χ4v) is 11.2. The minimum absolute atomic E-state index is 0.00183. The Morgan fingerprint density at radius 3 is 2.43 bits per heavy atom. The second kappa shape index (κ2) is 11.4. The number of fused-ring (bicyclic) bond motifs is 5. The van der Waals surface area contributed by atoms with Crippen molar-refractivity contribution in [3.8, 4) is 0 Å². The molecule has 5 aliphatic rings. The molecule has 0 radical (unpaired) electrons. The van der Waals surface area contributed by atoms with Crippen molar-refractivity contribution >= 4 is 5.97 Å². The third-order valence-electron chi connectivity index (χ3n) is 13.6. The molecule has 0 bridgehead atoms. The number of rotatable bonds is 7. The summed E-state index contributed by atoms with van der Waals surface area (Å²) < 4.78 is 18.1. The van der Waals surface area contributed by atoms with Crippen LogP contribution in [0.3, 0.4) is 0 Å². The summed E-state index contributed by atoms with van der Waals surface area (Å²) in [6, 6.07) is 0. The van der Waals surface area contributed by atoms with Gasteiger partial charge >= 0.3 is 5.97 Å². The predicted octanol–water partition coefficient (Wildman–Crippen LogP) is 4.92. The van der Waals surface area contributed by atoms with Gasteiger partial charge in [0.15, 0.2) is 6.29 Å². The second-order valence-electron chi connectivity index (χ2n) is 16.7. The Balaban J connectivity index is 1.40. The van der Waals surface area contributed by atoms with Crippen LogP contribution in [0, 0.1) is 45.3 Å². The van der Waals surface area contributed by atoms with Crippen molar-refractivity contribution in [3.63, 3.8) is 0 Å². The Bertz CT molecular complexity index is 1170. The summed E-state index contributed by atoms with van der Waals surface area (Å²) in [5.74, 6) is 0.440. The van der Waals surface area contributed by atoms with Crippen LogP contribution in [0.15, 0.2) is 23.3 Å². The summed E-state index contributed by atoms with van der Waals surface area (Å²) in [5, 5.41) is 43.3. The first-order valence-corrected chi connectivity index (χ1v) is 16.8. The Hall–Kier alpha value is -1.29. The number of hydrogen-bond acceptors (Lipinski definition) is 8. The molecule has 1 saturated heterocycles. The molecule has 0 amide bonds. The van der Waals surface area contributed by atoms with Gasteiger partial charge in [0.25, 0.3) is 0 Å². The third kappa shape index (κ3) is 5.05. The first-order chi connectivity index (χ1) is 20.4. The lowest BCUT2D eigenvalue weighted by molar-refractivity contribution is -0.220. The van der Waals surface area contributed by atoms with E-state index in [0.29, 0.717) is 18.8 Å². The largest absolute Gasteiger partial charge is 0.459 e. The maximum absolute atomic E-state index is 12.6. The highest BCUT2D eigenvalue weighted by Gasteiger charge is 2.69. The lowest BCUT2D eigenvalue weighted by Crippen LogP contribution is -2.65. The van der Waals surface area contributed by atoms with Crippen LogP contribution in [0.25, 0.3) is 0 Å². The summed E-state index contributed by atoms with van der Waals surface area (Å²) in [5.41, 5.74) is -0.200. The molecule has 0 spiro atoms. The summed E-state index contributed by atoms with van der Waals surface area (Å²) in [4.78, 5) is 12.6. The second-order valence-corrected chi connectivity index (χ2v) is 16.7. The molecule has 4 N–H and O–H groups in total. The summed E-state index contributed by atoms with van der Waals surface area (Å²) >= 11 is 0. The number of aliphatic hydroxyl groups is 4. The van der Waals surface area contributed by atoms with Gasteiger partial charge in [-0.15, -0.1) is 0 Å². The number of ether oxygens (including phenoxy) is 3. The van der Waals surface area contributed by atoms with Gasteiger partial charge in [-0.25, -0.2) is 4.79 Å². The highest BCUT2D eigenvalue weighted by molar-refractivity contribution is 5.82. The summed E-state index contributed by atoms with van der Waals surface area (Å²) in [6.45, 7) is 16.2. The number of allylic oxidation sites excluding steroid dienone is 2. The fraction of sp³-hybridized carbons (Fsp3) is 0.861. The smallest absolute Gasteiger partial charge is 0.330 e. The first-order valence-electron chi connectivity index (χ1n) is 16.8. The minimum atomic E-state index is -1.67. The van der Waals surface area contributed by atoms with Gasteiger partial charge < -0.3 is 34.6 Å². The monoisotopic (exact) mass is 618 g/mol. The van der Waals surface area contributed by atoms with Crippen molar-refractivity contribution in [2.24, 2.45) is 45.3 Å². The Labute approximate surface area is 264 Å². The number of aliphatic hydroxyl groups excluding tert-OH is 3. The molecule has 5 rings (SSSR count). The van der Waals surface area contributed by atoms with Gasteiger partial charge in [0.1, 0.15) is 17.8 Å². The van der Waals surface area contributed by atoms with Gasteiger partial charge in [0, 0.05) is 29.9 Å². The fourth-order valence-electron chi connectivity index (χ4n) is 11.2. The van der Waals surface area contributed by atoms with E-state index in [4.69, 9.17) is 14.2 Å². The molecule has 8 heteroatoms. The third-order valence-corrected chi connectivity index (χ3v) is 13.6. The van der Waals surface area contributed by atoms with E-state index in [9.17, 15) is 25.2 Å². The molecular weight excluding hydrogens is 560 g/mol. The molecule has 0 aromatic heterocycles. The zero-order chi connectivity index (χ0) is 32.6.